The first-order chi connectivity index (χ1) is 7.93. The van der Waals surface area contributed by atoms with Crippen molar-refractivity contribution in [3.63, 3.8) is 0 Å². The monoisotopic (exact) mass is 402 g/mol. The zero-order chi connectivity index (χ0) is 14.8. The minimum Gasteiger partial charge on any atom is -0.204 e. The standard InChI is InChI=1S/C6H6N2.2CH5AsO3.CH4/c7-8-6-4-2-1-3-5-6;2*1-2(3,4)5;/h1-5,7H;2*1H3,(H2,3,4,5);1H4. The molecule has 8 nitrogen and oxygen atoms in total. The van der Waals surface area contributed by atoms with Crippen LogP contribution in [0.3, 0.4) is 0 Å². The first kappa shape index (κ1) is 23.5. The van der Waals surface area contributed by atoms with Crippen molar-refractivity contribution in [2.75, 3.05) is 0 Å². The van der Waals surface area contributed by atoms with Crippen LogP contribution in [0.15, 0.2) is 35.4 Å². The third kappa shape index (κ3) is 46.7. The number of rotatable bonds is 1. The Hall–Kier alpha value is -0.623. The van der Waals surface area contributed by atoms with Crippen LogP contribution in [0.1, 0.15) is 7.43 Å². The molecule has 19 heavy (non-hydrogen) atoms. The Balaban J connectivity index is -0.000000208. The quantitative estimate of drug-likeness (QED) is 0.348. The molecule has 0 radical (unpaired) electrons. The minimum atomic E-state index is -4.12. The number of hydrogen-bond donors (Lipinski definition) is 5. The summed E-state index contributed by atoms with van der Waals surface area (Å²) in [4.78, 5) is 0. The largest absolute Gasteiger partial charge is 0.204 e. The van der Waals surface area contributed by atoms with Crippen molar-refractivity contribution in [2.24, 2.45) is 5.11 Å². The van der Waals surface area contributed by atoms with Gasteiger partial charge in [-0.25, -0.2) is 5.53 Å². The molecule has 0 aromatic heterocycles. The van der Waals surface area contributed by atoms with Crippen molar-refractivity contribution >= 4 is 34.0 Å². The molecular formula is C9H20As2N2O6. The molecule has 0 saturated heterocycles. The van der Waals surface area contributed by atoms with Gasteiger partial charge in [0.25, 0.3) is 0 Å². The van der Waals surface area contributed by atoms with Crippen molar-refractivity contribution < 1.29 is 23.9 Å². The van der Waals surface area contributed by atoms with E-state index in [1.807, 2.05) is 18.2 Å². The van der Waals surface area contributed by atoms with E-state index in [1.54, 1.807) is 12.1 Å². The maximum Gasteiger partial charge on any atom is 0.0849 e. The predicted octanol–water partition coefficient (Wildman–Crippen LogP) is 0.926. The Kier molecular flexibility index (Phi) is 13.9. The number of hydrogen-bond acceptors (Lipinski definition) is 4. The maximum absolute atomic E-state index is 9.39. The molecule has 0 saturated carbocycles. The van der Waals surface area contributed by atoms with E-state index in [0.29, 0.717) is 5.69 Å². The fourth-order valence-corrected chi connectivity index (χ4v) is 0.503. The number of para-hydroxylation sites is 1. The summed E-state index contributed by atoms with van der Waals surface area (Å²) >= 11 is -8.25. The van der Waals surface area contributed by atoms with E-state index < -0.39 is 28.3 Å². The molecule has 10 heteroatoms. The van der Waals surface area contributed by atoms with Gasteiger partial charge in [-0.3, -0.25) is 0 Å². The molecule has 0 fully saturated rings. The number of nitrogens with one attached hydrogen (secondary N) is 1. The molecule has 5 N–H and O–H groups in total. The Labute approximate surface area is 118 Å². The van der Waals surface area contributed by atoms with Gasteiger partial charge in [0.2, 0.25) is 0 Å². The second-order valence-corrected chi connectivity index (χ2v) is 10.1. The maximum atomic E-state index is 9.39. The van der Waals surface area contributed by atoms with Gasteiger partial charge in [-0.2, -0.15) is 5.11 Å². The van der Waals surface area contributed by atoms with Crippen LogP contribution < -0.4 is 0 Å². The summed E-state index contributed by atoms with van der Waals surface area (Å²) < 4.78 is 49.5. The van der Waals surface area contributed by atoms with Crippen molar-refractivity contribution in [1.29, 1.82) is 5.53 Å². The third-order valence-corrected chi connectivity index (χ3v) is 0.885. The van der Waals surface area contributed by atoms with E-state index in [4.69, 9.17) is 21.9 Å². The minimum absolute atomic E-state index is 0. The second-order valence-electron chi connectivity index (χ2n) is 3.12. The van der Waals surface area contributed by atoms with Crippen molar-refractivity contribution in [2.45, 2.75) is 18.8 Å². The van der Waals surface area contributed by atoms with Gasteiger partial charge >= 0.3 is 63.6 Å². The third-order valence-electron chi connectivity index (χ3n) is 0.885. The summed E-state index contributed by atoms with van der Waals surface area (Å²) in [7, 11) is 0. The fourth-order valence-electron chi connectivity index (χ4n) is 0.503. The summed E-state index contributed by atoms with van der Waals surface area (Å²) in [5.74, 6) is 0. The first-order valence-electron chi connectivity index (χ1n) is 4.42. The SMILES string of the molecule is C.C[As](=O)(O)O.C[As](=O)(O)O.N=Nc1ccccc1. The molecule has 0 unspecified atom stereocenters. The molecule has 0 amide bonds. The van der Waals surface area contributed by atoms with Crippen LogP contribution in [0, 0.1) is 5.53 Å². The van der Waals surface area contributed by atoms with Crippen LogP contribution in [0.2, 0.25) is 11.4 Å². The molecule has 0 atom stereocenters. The van der Waals surface area contributed by atoms with E-state index >= 15 is 0 Å². The van der Waals surface area contributed by atoms with Crippen LogP contribution in [0.25, 0.3) is 0 Å². The molecule has 0 bridgehead atoms. The average molecular weight is 402 g/mol. The van der Waals surface area contributed by atoms with Gasteiger partial charge in [0, 0.05) is 0 Å². The molecule has 0 spiro atoms. The van der Waals surface area contributed by atoms with E-state index in [0.717, 1.165) is 11.4 Å². The van der Waals surface area contributed by atoms with E-state index in [1.165, 1.54) is 0 Å². The van der Waals surface area contributed by atoms with Crippen molar-refractivity contribution in [1.82, 2.24) is 0 Å². The van der Waals surface area contributed by atoms with Crippen molar-refractivity contribution in [3.05, 3.63) is 30.3 Å². The predicted molar refractivity (Wildman–Crippen MR) is 71.5 cm³/mol. The zero-order valence-electron chi connectivity index (χ0n) is 9.83. The number of nitrogens with zero attached hydrogens (tertiary/aromatic N) is 1. The smallest absolute Gasteiger partial charge is 0.0849 e. The molecule has 112 valence electrons. The van der Waals surface area contributed by atoms with Crippen LogP contribution in [0.4, 0.5) is 5.69 Å². The van der Waals surface area contributed by atoms with Crippen molar-refractivity contribution in [3.8, 4) is 0 Å². The van der Waals surface area contributed by atoms with Crippen LogP contribution in [-0.2, 0) is 7.48 Å². The molecular weight excluding hydrogens is 382 g/mol. The van der Waals surface area contributed by atoms with E-state index in [9.17, 15) is 7.48 Å². The normalized spacial score (nSPS) is 9.79. The summed E-state index contributed by atoms with van der Waals surface area (Å²) in [6, 6.07) is 9.18. The molecule has 0 aliphatic rings. The zero-order valence-corrected chi connectivity index (χ0v) is 13.6. The van der Waals surface area contributed by atoms with Gasteiger partial charge in [0.05, 0.1) is 5.69 Å². The first-order valence-corrected chi connectivity index (χ1v) is 13.1. The van der Waals surface area contributed by atoms with E-state index in [-0.39, 0.29) is 7.43 Å². The number of benzene rings is 1. The Bertz CT molecular complexity index is 391. The molecule has 1 rings (SSSR count). The Morgan fingerprint density at radius 2 is 1.21 bits per heavy atom. The Morgan fingerprint density at radius 3 is 1.37 bits per heavy atom. The van der Waals surface area contributed by atoms with Gasteiger partial charge in [-0.05, 0) is 12.1 Å². The van der Waals surface area contributed by atoms with Crippen LogP contribution in [0.5, 0.6) is 0 Å². The fraction of sp³-hybridized carbons (Fsp3) is 0.333. The summed E-state index contributed by atoms with van der Waals surface area (Å²) in [6.07, 6.45) is 0. The van der Waals surface area contributed by atoms with Crippen LogP contribution in [-0.4, -0.2) is 44.7 Å². The molecule has 0 aliphatic heterocycles. The average Bonchev–Trinajstić information content (AvgIpc) is 2.14. The molecule has 1 aromatic carbocycles. The van der Waals surface area contributed by atoms with Gasteiger partial charge in [-0.1, -0.05) is 25.6 Å². The van der Waals surface area contributed by atoms with Gasteiger partial charge in [0.1, 0.15) is 0 Å². The molecule has 1 aromatic rings. The summed E-state index contributed by atoms with van der Waals surface area (Å²) in [6.45, 7) is 0. The second kappa shape index (κ2) is 11.2. The van der Waals surface area contributed by atoms with Crippen LogP contribution >= 0.6 is 0 Å². The topological polar surface area (TPSA) is 151 Å². The van der Waals surface area contributed by atoms with Gasteiger partial charge < -0.3 is 0 Å². The Morgan fingerprint density at radius 1 is 0.947 bits per heavy atom. The molecule has 0 heterocycles. The summed E-state index contributed by atoms with van der Waals surface area (Å²) in [5.41, 5.74) is 9.10. The van der Waals surface area contributed by atoms with E-state index in [2.05, 4.69) is 5.11 Å². The molecule has 0 aliphatic carbocycles. The van der Waals surface area contributed by atoms with Gasteiger partial charge in [0.15, 0.2) is 0 Å². The summed E-state index contributed by atoms with van der Waals surface area (Å²) in [5, 5.41) is 3.22. The van der Waals surface area contributed by atoms with Gasteiger partial charge in [-0.15, -0.1) is 0 Å².